The molecule has 1 fully saturated rings. The fraction of sp³-hybridized carbons (Fsp3) is 0.763. The fourth-order valence-electron chi connectivity index (χ4n) is 8.13. The molecule has 0 saturated carbocycles. The standard InChI is InChI=1S/C59H102N2O8/c1-4-7-10-13-16-18-20-22-24-26-28-30-33-36-39-44-56(62)66-52-55(53-67-57(63)45-40-37-34-31-29-27-25-23-21-19-17-14-11-8-5-2)68-58(64)47-46-54(43-38-35-32-15-12-9-6-3)69-59(65)60-48-51-61-49-41-42-50-61/h16-19,22-25,32,35,54-55H,4-15,20-21,26-31,33-34,36-53H2,1-3H3,(H,60,65)/b18-16-,19-17-,24-22-,25-23-,35-32-. The molecule has 0 bridgehead atoms. The molecular formula is C59H102N2O8. The van der Waals surface area contributed by atoms with Gasteiger partial charge in [0.15, 0.2) is 6.10 Å². The molecule has 69 heavy (non-hydrogen) atoms. The summed E-state index contributed by atoms with van der Waals surface area (Å²) in [6, 6.07) is 0. The van der Waals surface area contributed by atoms with Crippen molar-refractivity contribution in [3.63, 3.8) is 0 Å². The second-order valence-electron chi connectivity index (χ2n) is 19.0. The molecule has 1 aliphatic rings. The van der Waals surface area contributed by atoms with E-state index in [-0.39, 0.29) is 50.8 Å². The van der Waals surface area contributed by atoms with Crippen molar-refractivity contribution < 1.29 is 38.1 Å². The molecule has 1 N–H and O–H groups in total. The largest absolute Gasteiger partial charge is 0.462 e. The van der Waals surface area contributed by atoms with Crippen molar-refractivity contribution >= 4 is 24.0 Å². The minimum atomic E-state index is -0.932. The average Bonchev–Trinajstić information content (AvgIpc) is 3.87. The van der Waals surface area contributed by atoms with Crippen LogP contribution in [-0.4, -0.2) is 80.5 Å². The van der Waals surface area contributed by atoms with Gasteiger partial charge in [-0.2, -0.15) is 0 Å². The molecule has 1 saturated heterocycles. The number of nitrogens with one attached hydrogen (secondary N) is 1. The summed E-state index contributed by atoms with van der Waals surface area (Å²) in [6.45, 7) is 9.67. The van der Waals surface area contributed by atoms with E-state index in [1.165, 1.54) is 77.0 Å². The van der Waals surface area contributed by atoms with Gasteiger partial charge in [-0.05, 0) is 135 Å². The minimum absolute atomic E-state index is 0.00224. The Morgan fingerprint density at radius 2 is 0.870 bits per heavy atom. The Morgan fingerprint density at radius 1 is 0.449 bits per heavy atom. The zero-order valence-electron chi connectivity index (χ0n) is 44.4. The SMILES string of the molecule is CCCCC/C=C\C/C=C\CCCCCCCC(=O)OCC(COC(=O)CCCCCCC/C=C\C/C=C\CCCCC)OC(=O)CCC(CC/C=C\CCCCC)OC(=O)NCCN1CCCC1. The number of hydrogen-bond donors (Lipinski definition) is 1. The van der Waals surface area contributed by atoms with Gasteiger partial charge < -0.3 is 29.2 Å². The molecule has 396 valence electrons. The van der Waals surface area contributed by atoms with Crippen LogP contribution in [-0.2, 0) is 33.3 Å². The lowest BCUT2D eigenvalue weighted by molar-refractivity contribution is -0.167. The molecular weight excluding hydrogens is 865 g/mol. The Hall–Kier alpha value is -3.66. The van der Waals surface area contributed by atoms with Crippen LogP contribution in [0.2, 0.25) is 0 Å². The molecule has 0 aromatic heterocycles. The third-order valence-corrected chi connectivity index (χ3v) is 12.5. The number of esters is 3. The highest BCUT2D eigenvalue weighted by Gasteiger charge is 2.22. The van der Waals surface area contributed by atoms with Crippen LogP contribution in [0, 0.1) is 0 Å². The Kier molecular flexibility index (Phi) is 45.3. The number of alkyl carbamates (subject to hydrolysis) is 1. The van der Waals surface area contributed by atoms with Crippen molar-refractivity contribution in [1.82, 2.24) is 10.2 Å². The van der Waals surface area contributed by atoms with E-state index < -0.39 is 24.3 Å². The first-order valence-corrected chi connectivity index (χ1v) is 28.3. The lowest BCUT2D eigenvalue weighted by atomic mass is 10.1. The Labute approximate surface area is 422 Å². The zero-order chi connectivity index (χ0) is 49.9. The summed E-state index contributed by atoms with van der Waals surface area (Å²) in [5.41, 5.74) is 0. The van der Waals surface area contributed by atoms with Crippen molar-refractivity contribution in [1.29, 1.82) is 0 Å². The molecule has 0 aromatic carbocycles. The maximum Gasteiger partial charge on any atom is 0.407 e. The highest BCUT2D eigenvalue weighted by Crippen LogP contribution is 2.15. The number of rotatable bonds is 47. The van der Waals surface area contributed by atoms with E-state index in [9.17, 15) is 19.2 Å². The van der Waals surface area contributed by atoms with Crippen LogP contribution >= 0.6 is 0 Å². The van der Waals surface area contributed by atoms with E-state index in [2.05, 4.69) is 91.7 Å². The maximum atomic E-state index is 13.3. The average molecular weight is 967 g/mol. The molecule has 1 unspecified atom stereocenters. The van der Waals surface area contributed by atoms with Crippen LogP contribution < -0.4 is 5.32 Å². The summed E-state index contributed by atoms with van der Waals surface area (Å²) in [7, 11) is 0. The number of unbranched alkanes of at least 4 members (excludes halogenated alkanes) is 19. The number of carbonyl (C=O) groups is 4. The van der Waals surface area contributed by atoms with E-state index in [0.717, 1.165) is 129 Å². The molecule has 1 heterocycles. The molecule has 10 heteroatoms. The number of likely N-dealkylation sites (tertiary alicyclic amines) is 1. The number of hydrogen-bond acceptors (Lipinski definition) is 9. The molecule has 0 aromatic rings. The van der Waals surface area contributed by atoms with Crippen molar-refractivity contribution in [2.45, 2.75) is 251 Å². The van der Waals surface area contributed by atoms with Gasteiger partial charge in [0.1, 0.15) is 19.3 Å². The summed E-state index contributed by atoms with van der Waals surface area (Å²) in [5.74, 6) is -1.23. The minimum Gasteiger partial charge on any atom is -0.462 e. The van der Waals surface area contributed by atoms with E-state index in [0.29, 0.717) is 13.0 Å². The first-order valence-electron chi connectivity index (χ1n) is 28.3. The Balaban J connectivity index is 2.61. The number of allylic oxidation sites excluding steroid dienone is 10. The lowest BCUT2D eigenvalue weighted by Crippen LogP contribution is -2.35. The van der Waals surface area contributed by atoms with Gasteiger partial charge in [-0.3, -0.25) is 14.4 Å². The zero-order valence-corrected chi connectivity index (χ0v) is 44.4. The predicted molar refractivity (Wildman–Crippen MR) is 286 cm³/mol. The van der Waals surface area contributed by atoms with Crippen molar-refractivity contribution in [3.05, 3.63) is 60.8 Å². The topological polar surface area (TPSA) is 120 Å². The van der Waals surface area contributed by atoms with Gasteiger partial charge >= 0.3 is 24.0 Å². The van der Waals surface area contributed by atoms with Crippen LogP contribution in [0.15, 0.2) is 60.8 Å². The van der Waals surface area contributed by atoms with Gasteiger partial charge in [0.25, 0.3) is 0 Å². The second kappa shape index (κ2) is 49.3. The maximum absolute atomic E-state index is 13.3. The first-order chi connectivity index (χ1) is 33.9. The van der Waals surface area contributed by atoms with Gasteiger partial charge in [-0.25, -0.2) is 4.79 Å². The van der Waals surface area contributed by atoms with Gasteiger partial charge in [-0.1, -0.05) is 159 Å². The van der Waals surface area contributed by atoms with Gasteiger partial charge in [-0.15, -0.1) is 0 Å². The van der Waals surface area contributed by atoms with E-state index >= 15 is 0 Å². The lowest BCUT2D eigenvalue weighted by Gasteiger charge is -2.21. The highest BCUT2D eigenvalue weighted by atomic mass is 16.6. The summed E-state index contributed by atoms with van der Waals surface area (Å²) >= 11 is 0. The van der Waals surface area contributed by atoms with Gasteiger partial charge in [0, 0.05) is 32.4 Å². The van der Waals surface area contributed by atoms with Crippen LogP contribution in [0.5, 0.6) is 0 Å². The monoisotopic (exact) mass is 967 g/mol. The quantitative estimate of drug-likeness (QED) is 0.0275. The van der Waals surface area contributed by atoms with Gasteiger partial charge in [0.2, 0.25) is 0 Å². The summed E-state index contributed by atoms with van der Waals surface area (Å²) in [6.07, 6.45) is 53.7. The molecule has 0 radical (unpaired) electrons. The summed E-state index contributed by atoms with van der Waals surface area (Å²) in [4.78, 5) is 54.0. The van der Waals surface area contributed by atoms with Crippen molar-refractivity contribution in [2.75, 3.05) is 39.4 Å². The molecule has 1 amide bonds. The number of amides is 1. The predicted octanol–water partition coefficient (Wildman–Crippen LogP) is 15.5. The molecule has 1 aliphatic heterocycles. The number of ether oxygens (including phenoxy) is 4. The number of carbonyl (C=O) groups excluding carboxylic acids is 4. The summed E-state index contributed by atoms with van der Waals surface area (Å²) < 4.78 is 22.8. The van der Waals surface area contributed by atoms with Crippen LogP contribution in [0.3, 0.4) is 0 Å². The van der Waals surface area contributed by atoms with Crippen LogP contribution in [0.25, 0.3) is 0 Å². The molecule has 1 atom stereocenters. The third kappa shape index (κ3) is 44.1. The molecule has 0 aliphatic carbocycles. The first kappa shape index (κ1) is 63.4. The van der Waals surface area contributed by atoms with E-state index in [1.54, 1.807) is 0 Å². The van der Waals surface area contributed by atoms with Crippen molar-refractivity contribution in [3.8, 4) is 0 Å². The smallest absolute Gasteiger partial charge is 0.407 e. The molecule has 0 spiro atoms. The Bertz CT molecular complexity index is 1320. The molecule has 1 rings (SSSR count). The summed E-state index contributed by atoms with van der Waals surface area (Å²) in [5, 5.41) is 2.88. The molecule has 10 nitrogen and oxygen atoms in total. The van der Waals surface area contributed by atoms with Crippen LogP contribution in [0.1, 0.15) is 239 Å². The number of nitrogens with zero attached hydrogens (tertiary/aromatic N) is 1. The highest BCUT2D eigenvalue weighted by molar-refractivity contribution is 5.71. The van der Waals surface area contributed by atoms with Crippen molar-refractivity contribution in [2.24, 2.45) is 0 Å². The third-order valence-electron chi connectivity index (χ3n) is 12.5. The van der Waals surface area contributed by atoms with Gasteiger partial charge in [0.05, 0.1) is 0 Å². The second-order valence-corrected chi connectivity index (χ2v) is 19.0. The normalized spacial score (nSPS) is 13.8. The van der Waals surface area contributed by atoms with Crippen LogP contribution in [0.4, 0.5) is 4.79 Å². The Morgan fingerprint density at radius 3 is 1.35 bits per heavy atom. The fourth-order valence-corrected chi connectivity index (χ4v) is 8.13. The van der Waals surface area contributed by atoms with E-state index in [4.69, 9.17) is 18.9 Å². The van der Waals surface area contributed by atoms with E-state index in [1.807, 2.05) is 0 Å².